The molecule has 18 heavy (non-hydrogen) atoms. The smallest absolute Gasteiger partial charge is 0.115 e. The molecule has 0 atom stereocenters. The van der Waals surface area contributed by atoms with Gasteiger partial charge < -0.3 is 5.11 Å². The van der Waals surface area contributed by atoms with Crippen molar-refractivity contribution < 1.29 is 5.11 Å². The van der Waals surface area contributed by atoms with E-state index < -0.39 is 5.60 Å². The van der Waals surface area contributed by atoms with Crippen molar-refractivity contribution in [3.63, 3.8) is 0 Å². The van der Waals surface area contributed by atoms with Gasteiger partial charge in [-0.25, -0.2) is 0 Å². The summed E-state index contributed by atoms with van der Waals surface area (Å²) in [6, 6.07) is 16.6. The maximum absolute atomic E-state index is 11.2. The Balaban J connectivity index is 2.29. The normalized spacial score (nSPS) is 16.6. The number of fused-ring (bicyclic) bond motifs is 2. The van der Waals surface area contributed by atoms with Crippen molar-refractivity contribution >= 4 is 0 Å². The van der Waals surface area contributed by atoms with Gasteiger partial charge in [0, 0.05) is 0 Å². The van der Waals surface area contributed by atoms with Crippen LogP contribution in [0.25, 0.3) is 0 Å². The van der Waals surface area contributed by atoms with Crippen molar-refractivity contribution in [2.75, 3.05) is 0 Å². The minimum atomic E-state index is -0.830. The van der Waals surface area contributed by atoms with Crippen LogP contribution in [0.3, 0.4) is 0 Å². The second kappa shape index (κ2) is 4.25. The van der Waals surface area contributed by atoms with Crippen LogP contribution in [0.2, 0.25) is 0 Å². The average Bonchev–Trinajstić information content (AvgIpc) is 2.56. The van der Waals surface area contributed by atoms with Gasteiger partial charge in [-0.05, 0) is 41.5 Å². The molecule has 0 aromatic heterocycles. The van der Waals surface area contributed by atoms with E-state index in [0.29, 0.717) is 6.42 Å². The first-order chi connectivity index (χ1) is 8.75. The molecule has 0 fully saturated rings. The van der Waals surface area contributed by atoms with Gasteiger partial charge in [0.2, 0.25) is 0 Å². The molecule has 0 unspecified atom stereocenters. The van der Waals surface area contributed by atoms with Gasteiger partial charge in [0.15, 0.2) is 0 Å². The molecule has 1 aliphatic rings. The van der Waals surface area contributed by atoms with E-state index in [2.05, 4.69) is 43.3 Å². The van der Waals surface area contributed by atoms with E-state index in [4.69, 9.17) is 0 Å². The molecule has 0 spiro atoms. The summed E-state index contributed by atoms with van der Waals surface area (Å²) in [7, 11) is 0. The first-order valence-electron chi connectivity index (χ1n) is 6.65. The Morgan fingerprint density at radius 1 is 0.889 bits per heavy atom. The first kappa shape index (κ1) is 11.5. The van der Waals surface area contributed by atoms with Crippen LogP contribution in [0.1, 0.15) is 35.6 Å². The minimum absolute atomic E-state index is 0.709. The lowest BCUT2D eigenvalue weighted by Crippen LogP contribution is -2.27. The summed E-state index contributed by atoms with van der Waals surface area (Å²) in [5.74, 6) is 0. The lowest BCUT2D eigenvalue weighted by molar-refractivity contribution is 0.0759. The molecule has 2 aromatic rings. The van der Waals surface area contributed by atoms with E-state index in [1.165, 1.54) is 11.1 Å². The number of benzene rings is 2. The Labute approximate surface area is 108 Å². The van der Waals surface area contributed by atoms with Crippen LogP contribution in [0.15, 0.2) is 48.5 Å². The van der Waals surface area contributed by atoms with Gasteiger partial charge in [-0.15, -0.1) is 0 Å². The fraction of sp³-hybridized carbons (Fsp3) is 0.294. The zero-order chi connectivity index (χ0) is 12.6. The van der Waals surface area contributed by atoms with Gasteiger partial charge in [0.05, 0.1) is 0 Å². The van der Waals surface area contributed by atoms with Crippen molar-refractivity contribution in [1.82, 2.24) is 0 Å². The number of hydrogen-bond acceptors (Lipinski definition) is 1. The van der Waals surface area contributed by atoms with Crippen molar-refractivity contribution in [3.05, 3.63) is 70.8 Å². The highest BCUT2D eigenvalue weighted by atomic mass is 16.3. The molecular formula is C17H18O. The van der Waals surface area contributed by atoms with Crippen LogP contribution in [-0.2, 0) is 18.4 Å². The largest absolute Gasteiger partial charge is 0.380 e. The maximum atomic E-state index is 11.2. The van der Waals surface area contributed by atoms with E-state index in [-0.39, 0.29) is 0 Å². The fourth-order valence-electron chi connectivity index (χ4n) is 3.08. The zero-order valence-corrected chi connectivity index (χ0v) is 10.7. The van der Waals surface area contributed by atoms with Gasteiger partial charge in [-0.1, -0.05) is 55.5 Å². The topological polar surface area (TPSA) is 20.2 Å². The molecule has 0 amide bonds. The Bertz CT molecular complexity index is 524. The van der Waals surface area contributed by atoms with Crippen molar-refractivity contribution in [1.29, 1.82) is 0 Å². The molecule has 0 aliphatic heterocycles. The summed E-state index contributed by atoms with van der Waals surface area (Å²) < 4.78 is 0. The summed E-state index contributed by atoms with van der Waals surface area (Å²) >= 11 is 0. The monoisotopic (exact) mass is 238 g/mol. The number of aliphatic hydroxyl groups is 1. The Morgan fingerprint density at radius 3 is 1.78 bits per heavy atom. The lowest BCUT2D eigenvalue weighted by atomic mass is 9.81. The molecule has 0 bridgehead atoms. The molecule has 92 valence electrons. The van der Waals surface area contributed by atoms with Gasteiger partial charge in [0.25, 0.3) is 0 Å². The summed E-state index contributed by atoms with van der Waals surface area (Å²) in [6.45, 7) is 2.05. The molecule has 2 aromatic carbocycles. The summed E-state index contributed by atoms with van der Waals surface area (Å²) in [6.07, 6.45) is 2.73. The SMILES string of the molecule is CCC1(O)c2ccccc2CCc2ccccc21. The third-order valence-corrected chi connectivity index (χ3v) is 4.10. The molecule has 1 nitrogen and oxygen atoms in total. The molecule has 0 heterocycles. The third-order valence-electron chi connectivity index (χ3n) is 4.10. The molecule has 0 radical (unpaired) electrons. The van der Waals surface area contributed by atoms with E-state index >= 15 is 0 Å². The molecule has 1 N–H and O–H groups in total. The number of aryl methyl sites for hydroxylation is 2. The van der Waals surface area contributed by atoms with Crippen molar-refractivity contribution in [3.8, 4) is 0 Å². The second-order valence-corrected chi connectivity index (χ2v) is 5.03. The van der Waals surface area contributed by atoms with Gasteiger partial charge in [-0.2, -0.15) is 0 Å². The van der Waals surface area contributed by atoms with E-state index in [9.17, 15) is 5.11 Å². The van der Waals surface area contributed by atoms with Gasteiger partial charge >= 0.3 is 0 Å². The fourth-order valence-corrected chi connectivity index (χ4v) is 3.08. The van der Waals surface area contributed by atoms with Crippen LogP contribution >= 0.6 is 0 Å². The zero-order valence-electron chi connectivity index (χ0n) is 10.7. The van der Waals surface area contributed by atoms with E-state index in [1.807, 2.05) is 12.1 Å². The highest BCUT2D eigenvalue weighted by Gasteiger charge is 2.34. The summed E-state index contributed by atoms with van der Waals surface area (Å²) in [4.78, 5) is 0. The molecule has 0 saturated heterocycles. The predicted molar refractivity (Wildman–Crippen MR) is 73.6 cm³/mol. The summed E-state index contributed by atoms with van der Waals surface area (Å²) in [5, 5.41) is 11.2. The highest BCUT2D eigenvalue weighted by Crippen LogP contribution is 2.39. The first-order valence-corrected chi connectivity index (χ1v) is 6.65. The molecule has 1 aliphatic carbocycles. The molecular weight excluding hydrogens is 220 g/mol. The number of hydrogen-bond donors (Lipinski definition) is 1. The maximum Gasteiger partial charge on any atom is 0.115 e. The Morgan fingerprint density at radius 2 is 1.33 bits per heavy atom. The Hall–Kier alpha value is -1.60. The minimum Gasteiger partial charge on any atom is -0.380 e. The van der Waals surface area contributed by atoms with Crippen LogP contribution in [0.5, 0.6) is 0 Å². The average molecular weight is 238 g/mol. The van der Waals surface area contributed by atoms with E-state index in [1.54, 1.807) is 0 Å². The van der Waals surface area contributed by atoms with Crippen molar-refractivity contribution in [2.45, 2.75) is 31.8 Å². The predicted octanol–water partition coefficient (Wildman–Crippen LogP) is 3.43. The molecule has 3 rings (SSSR count). The van der Waals surface area contributed by atoms with E-state index in [0.717, 1.165) is 24.0 Å². The Kier molecular flexibility index (Phi) is 2.71. The molecule has 1 heteroatoms. The van der Waals surface area contributed by atoms with Crippen LogP contribution < -0.4 is 0 Å². The number of rotatable bonds is 1. The second-order valence-electron chi connectivity index (χ2n) is 5.03. The third kappa shape index (κ3) is 1.58. The lowest BCUT2D eigenvalue weighted by Gasteiger charge is -2.29. The van der Waals surface area contributed by atoms with Gasteiger partial charge in [-0.3, -0.25) is 0 Å². The van der Waals surface area contributed by atoms with Crippen LogP contribution in [0, 0.1) is 0 Å². The highest BCUT2D eigenvalue weighted by molar-refractivity contribution is 5.47. The standard InChI is InChI=1S/C17H18O/c1-2-17(18)15-9-5-3-7-13(15)11-12-14-8-4-6-10-16(14)17/h3-10,18H,2,11-12H2,1H3. The van der Waals surface area contributed by atoms with Crippen LogP contribution in [-0.4, -0.2) is 5.11 Å². The summed E-state index contributed by atoms with van der Waals surface area (Å²) in [5.41, 5.74) is 3.88. The quantitative estimate of drug-likeness (QED) is 0.807. The van der Waals surface area contributed by atoms with Crippen molar-refractivity contribution in [2.24, 2.45) is 0 Å². The molecule has 0 saturated carbocycles. The van der Waals surface area contributed by atoms with Crippen LogP contribution in [0.4, 0.5) is 0 Å². The van der Waals surface area contributed by atoms with Gasteiger partial charge in [0.1, 0.15) is 5.60 Å².